The molecule has 0 fully saturated rings. The van der Waals surface area contributed by atoms with E-state index < -0.39 is 40.2 Å². The molecule has 0 saturated carbocycles. The van der Waals surface area contributed by atoms with Gasteiger partial charge in [0.25, 0.3) is 10.0 Å². The van der Waals surface area contributed by atoms with E-state index in [1.54, 1.807) is 43.3 Å². The molecule has 3 aromatic carbocycles. The van der Waals surface area contributed by atoms with E-state index in [4.69, 9.17) is 11.6 Å². The van der Waals surface area contributed by atoms with Crippen molar-refractivity contribution in [3.63, 3.8) is 0 Å². The van der Waals surface area contributed by atoms with Gasteiger partial charge in [-0.1, -0.05) is 73.5 Å². The van der Waals surface area contributed by atoms with Crippen molar-refractivity contribution < 1.29 is 22.4 Å². The summed E-state index contributed by atoms with van der Waals surface area (Å²) in [6.07, 6.45) is 0. The third-order valence-electron chi connectivity index (χ3n) is 6.16. The molecule has 0 spiro atoms. The van der Waals surface area contributed by atoms with Crippen LogP contribution in [0.5, 0.6) is 0 Å². The predicted octanol–water partition coefficient (Wildman–Crippen LogP) is 5.17. The number of hydrogen-bond donors (Lipinski definition) is 1. The van der Waals surface area contributed by atoms with Gasteiger partial charge in [0, 0.05) is 18.1 Å². The Labute approximate surface area is 234 Å². The molecule has 208 valence electrons. The summed E-state index contributed by atoms with van der Waals surface area (Å²) in [5.74, 6) is -1.71. The number of aryl methyl sites for hydroxylation is 1. The topological polar surface area (TPSA) is 86.8 Å². The number of halogens is 2. The molecular weight excluding hydrogens is 541 g/mol. The molecule has 0 aliphatic carbocycles. The number of nitrogens with zero attached hydrogens (tertiary/aromatic N) is 2. The first-order valence-electron chi connectivity index (χ1n) is 12.6. The minimum absolute atomic E-state index is 0.0511. The van der Waals surface area contributed by atoms with E-state index in [-0.39, 0.29) is 23.0 Å². The average Bonchev–Trinajstić information content (AvgIpc) is 2.90. The molecule has 1 N–H and O–H groups in total. The molecule has 3 rings (SSSR count). The van der Waals surface area contributed by atoms with Gasteiger partial charge in [0.2, 0.25) is 11.8 Å². The fourth-order valence-electron chi connectivity index (χ4n) is 3.85. The Morgan fingerprint density at radius 3 is 2.18 bits per heavy atom. The van der Waals surface area contributed by atoms with Crippen LogP contribution in [0.25, 0.3) is 0 Å². The maximum absolute atomic E-state index is 15.0. The van der Waals surface area contributed by atoms with E-state index in [0.717, 1.165) is 15.9 Å². The molecule has 0 aliphatic heterocycles. The van der Waals surface area contributed by atoms with Crippen LogP contribution in [0.4, 0.5) is 10.1 Å². The lowest BCUT2D eigenvalue weighted by Crippen LogP contribution is -2.51. The summed E-state index contributed by atoms with van der Waals surface area (Å²) >= 11 is 6.35. The van der Waals surface area contributed by atoms with Gasteiger partial charge in [0.1, 0.15) is 18.4 Å². The standard InChI is InChI=1S/C29H33ClFN3O4S/c1-20(2)17-32-29(36)22(4)33(18-23-9-5-6-10-25(23)30)28(35)19-34(27-12-8-7-11-26(27)31)39(37,38)24-15-13-21(3)14-16-24/h5-16,20,22H,17-19H2,1-4H3,(H,32,36). The van der Waals surface area contributed by atoms with Crippen molar-refractivity contribution in [2.45, 2.75) is 45.2 Å². The van der Waals surface area contributed by atoms with E-state index in [9.17, 15) is 22.4 Å². The summed E-state index contributed by atoms with van der Waals surface area (Å²) in [5.41, 5.74) is 1.14. The molecule has 0 aromatic heterocycles. The zero-order valence-electron chi connectivity index (χ0n) is 22.4. The second-order valence-corrected chi connectivity index (χ2v) is 12.0. The van der Waals surface area contributed by atoms with E-state index in [2.05, 4.69) is 5.32 Å². The first kappa shape index (κ1) is 30.1. The first-order chi connectivity index (χ1) is 18.4. The van der Waals surface area contributed by atoms with Crippen LogP contribution in [-0.4, -0.2) is 44.3 Å². The van der Waals surface area contributed by atoms with Crippen LogP contribution in [0.3, 0.4) is 0 Å². The normalized spacial score (nSPS) is 12.2. The van der Waals surface area contributed by atoms with Gasteiger partial charge in [-0.3, -0.25) is 13.9 Å². The lowest BCUT2D eigenvalue weighted by Gasteiger charge is -2.32. The van der Waals surface area contributed by atoms with Crippen LogP contribution >= 0.6 is 11.6 Å². The largest absolute Gasteiger partial charge is 0.354 e. The lowest BCUT2D eigenvalue weighted by molar-refractivity contribution is -0.139. The van der Waals surface area contributed by atoms with E-state index >= 15 is 0 Å². The number of nitrogens with one attached hydrogen (secondary N) is 1. The van der Waals surface area contributed by atoms with Crippen LogP contribution in [-0.2, 0) is 26.2 Å². The van der Waals surface area contributed by atoms with Gasteiger partial charge < -0.3 is 10.2 Å². The van der Waals surface area contributed by atoms with Crippen molar-refractivity contribution in [1.29, 1.82) is 0 Å². The molecule has 0 heterocycles. The number of benzene rings is 3. The summed E-state index contributed by atoms with van der Waals surface area (Å²) in [6.45, 7) is 6.88. The minimum atomic E-state index is -4.35. The van der Waals surface area contributed by atoms with Gasteiger partial charge in [0.05, 0.1) is 10.6 Å². The zero-order chi connectivity index (χ0) is 28.7. The Morgan fingerprint density at radius 2 is 1.56 bits per heavy atom. The number of anilines is 1. The molecule has 10 heteroatoms. The van der Waals surface area contributed by atoms with E-state index in [1.807, 2.05) is 20.8 Å². The second kappa shape index (κ2) is 13.1. The smallest absolute Gasteiger partial charge is 0.264 e. The molecular formula is C29H33ClFN3O4S. The molecule has 1 atom stereocenters. The SMILES string of the molecule is Cc1ccc(S(=O)(=O)N(CC(=O)N(Cc2ccccc2Cl)C(C)C(=O)NCC(C)C)c2ccccc2F)cc1. The number of amides is 2. The highest BCUT2D eigenvalue weighted by molar-refractivity contribution is 7.92. The fourth-order valence-corrected chi connectivity index (χ4v) is 5.47. The number of para-hydroxylation sites is 1. The minimum Gasteiger partial charge on any atom is -0.354 e. The average molecular weight is 574 g/mol. The zero-order valence-corrected chi connectivity index (χ0v) is 24.0. The maximum atomic E-state index is 15.0. The Bertz CT molecular complexity index is 1410. The van der Waals surface area contributed by atoms with Gasteiger partial charge in [0.15, 0.2) is 0 Å². The quantitative estimate of drug-likeness (QED) is 0.343. The molecule has 0 radical (unpaired) electrons. The van der Waals surface area contributed by atoms with Crippen LogP contribution in [0.15, 0.2) is 77.7 Å². The molecule has 39 heavy (non-hydrogen) atoms. The van der Waals surface area contributed by atoms with Crippen molar-refractivity contribution in [3.8, 4) is 0 Å². The maximum Gasteiger partial charge on any atom is 0.264 e. The van der Waals surface area contributed by atoms with Crippen molar-refractivity contribution >= 4 is 39.1 Å². The van der Waals surface area contributed by atoms with Crippen LogP contribution in [0, 0.1) is 18.7 Å². The fraction of sp³-hybridized carbons (Fsp3) is 0.310. The highest BCUT2D eigenvalue weighted by Gasteiger charge is 2.33. The second-order valence-electron chi connectivity index (χ2n) is 9.70. The van der Waals surface area contributed by atoms with Gasteiger partial charge >= 0.3 is 0 Å². The van der Waals surface area contributed by atoms with Crippen molar-refractivity contribution in [2.75, 3.05) is 17.4 Å². The molecule has 0 aliphatic rings. The number of carbonyl (C=O) groups is 2. The number of carbonyl (C=O) groups excluding carboxylic acids is 2. The number of sulfonamides is 1. The van der Waals surface area contributed by atoms with Gasteiger partial charge in [-0.05, 0) is 55.7 Å². The first-order valence-corrected chi connectivity index (χ1v) is 14.4. The van der Waals surface area contributed by atoms with Gasteiger partial charge in [-0.25, -0.2) is 12.8 Å². The van der Waals surface area contributed by atoms with Gasteiger partial charge in [-0.2, -0.15) is 0 Å². The summed E-state index contributed by atoms with van der Waals surface area (Å²) in [6, 6.07) is 17.3. The molecule has 3 aromatic rings. The summed E-state index contributed by atoms with van der Waals surface area (Å²) in [4.78, 5) is 28.0. The monoisotopic (exact) mass is 573 g/mol. The van der Waals surface area contributed by atoms with Crippen molar-refractivity contribution in [1.82, 2.24) is 10.2 Å². The highest BCUT2D eigenvalue weighted by atomic mass is 35.5. The Hall–Kier alpha value is -3.43. The molecule has 7 nitrogen and oxygen atoms in total. The third kappa shape index (κ3) is 7.58. The molecule has 0 saturated heterocycles. The Morgan fingerprint density at radius 1 is 0.949 bits per heavy atom. The van der Waals surface area contributed by atoms with E-state index in [1.165, 1.54) is 35.2 Å². The van der Waals surface area contributed by atoms with Crippen LogP contribution < -0.4 is 9.62 Å². The molecule has 0 bridgehead atoms. The van der Waals surface area contributed by atoms with Crippen LogP contribution in [0.1, 0.15) is 31.9 Å². The summed E-state index contributed by atoms with van der Waals surface area (Å²) in [7, 11) is -4.35. The van der Waals surface area contributed by atoms with Crippen molar-refractivity contribution in [3.05, 3.63) is 94.8 Å². The van der Waals surface area contributed by atoms with Crippen molar-refractivity contribution in [2.24, 2.45) is 5.92 Å². The lowest BCUT2D eigenvalue weighted by atomic mass is 10.1. The van der Waals surface area contributed by atoms with Gasteiger partial charge in [-0.15, -0.1) is 0 Å². The van der Waals surface area contributed by atoms with E-state index in [0.29, 0.717) is 17.1 Å². The predicted molar refractivity (Wildman–Crippen MR) is 151 cm³/mol. The Kier molecular flexibility index (Phi) is 10.1. The summed E-state index contributed by atoms with van der Waals surface area (Å²) in [5, 5.41) is 3.21. The molecule has 2 amide bonds. The summed E-state index contributed by atoms with van der Waals surface area (Å²) < 4.78 is 43.2. The third-order valence-corrected chi connectivity index (χ3v) is 8.30. The molecule has 1 unspecified atom stereocenters. The highest BCUT2D eigenvalue weighted by Crippen LogP contribution is 2.27. The number of hydrogen-bond acceptors (Lipinski definition) is 4. The number of rotatable bonds is 11. The van der Waals surface area contributed by atoms with Crippen LogP contribution in [0.2, 0.25) is 5.02 Å². The Balaban J connectivity index is 2.03.